The minimum absolute atomic E-state index is 0.218. The highest BCUT2D eigenvalue weighted by Crippen LogP contribution is 2.28. The van der Waals surface area contributed by atoms with E-state index in [1.165, 1.54) is 0 Å². The highest BCUT2D eigenvalue weighted by Gasteiger charge is 2.27. The van der Waals surface area contributed by atoms with Gasteiger partial charge in [0.25, 0.3) is 0 Å². The van der Waals surface area contributed by atoms with E-state index < -0.39 is 0 Å². The number of ether oxygens (including phenoxy) is 2. The van der Waals surface area contributed by atoms with Gasteiger partial charge in [-0.25, -0.2) is 0 Å². The summed E-state index contributed by atoms with van der Waals surface area (Å²) in [6.45, 7) is 5.88. The van der Waals surface area contributed by atoms with E-state index in [1.54, 1.807) is 14.2 Å². The Balaban J connectivity index is 1.96. The van der Waals surface area contributed by atoms with Crippen LogP contribution >= 0.6 is 0 Å². The molecule has 1 aromatic carbocycles. The molecule has 2 rings (SSSR count). The average molecular weight is 306 g/mol. The van der Waals surface area contributed by atoms with E-state index in [9.17, 15) is 4.79 Å². The fourth-order valence-corrected chi connectivity index (χ4v) is 2.84. The van der Waals surface area contributed by atoms with E-state index in [0.717, 1.165) is 18.7 Å². The van der Waals surface area contributed by atoms with Gasteiger partial charge in [0.05, 0.1) is 14.2 Å². The molecular weight excluding hydrogens is 280 g/mol. The number of carbonyl (C=O) groups is 1. The Bertz CT molecular complexity index is 519. The van der Waals surface area contributed by atoms with Crippen LogP contribution in [0.4, 0.5) is 0 Å². The Morgan fingerprint density at radius 2 is 2.00 bits per heavy atom. The molecule has 0 bridgehead atoms. The molecule has 1 aromatic rings. The second-order valence-electron chi connectivity index (χ2n) is 5.76. The summed E-state index contributed by atoms with van der Waals surface area (Å²) in [7, 11) is 3.24. The second kappa shape index (κ2) is 7.49. The van der Waals surface area contributed by atoms with E-state index in [2.05, 4.69) is 19.2 Å². The summed E-state index contributed by atoms with van der Waals surface area (Å²) in [4.78, 5) is 14.4. The lowest BCUT2D eigenvalue weighted by molar-refractivity contribution is -0.134. The Hall–Kier alpha value is -1.75. The number of hydrogen-bond acceptors (Lipinski definition) is 4. The molecule has 1 amide bonds. The molecular formula is C17H26N2O3. The van der Waals surface area contributed by atoms with Crippen molar-refractivity contribution in [1.82, 2.24) is 10.2 Å². The van der Waals surface area contributed by atoms with Crippen molar-refractivity contribution in [2.45, 2.75) is 38.8 Å². The molecule has 22 heavy (non-hydrogen) atoms. The van der Waals surface area contributed by atoms with Gasteiger partial charge in [0, 0.05) is 31.6 Å². The maximum atomic E-state index is 12.4. The van der Waals surface area contributed by atoms with E-state index in [-0.39, 0.29) is 11.9 Å². The summed E-state index contributed by atoms with van der Waals surface area (Å²) in [5, 5.41) is 3.39. The third-order valence-corrected chi connectivity index (χ3v) is 4.43. The molecule has 0 aliphatic carbocycles. The van der Waals surface area contributed by atoms with Crippen molar-refractivity contribution in [2.24, 2.45) is 0 Å². The van der Waals surface area contributed by atoms with Crippen LogP contribution in [0.25, 0.3) is 0 Å². The zero-order chi connectivity index (χ0) is 16.1. The molecule has 5 nitrogen and oxygen atoms in total. The van der Waals surface area contributed by atoms with Crippen LogP contribution < -0.4 is 14.8 Å². The van der Waals surface area contributed by atoms with Crippen molar-refractivity contribution >= 4 is 5.91 Å². The Morgan fingerprint density at radius 3 is 2.68 bits per heavy atom. The third-order valence-electron chi connectivity index (χ3n) is 4.43. The standard InChI is InChI=1S/C17H26N2O3/c1-12-13(2)19(10-9-18-12)17(20)8-6-14-5-7-15(21-3)16(11-14)22-4/h5,7,11-13,18H,6,8-10H2,1-4H3. The van der Waals surface area contributed by atoms with Gasteiger partial charge >= 0.3 is 0 Å². The first-order chi connectivity index (χ1) is 10.6. The van der Waals surface area contributed by atoms with Gasteiger partial charge in [0.15, 0.2) is 11.5 Å². The minimum atomic E-state index is 0.218. The summed E-state index contributed by atoms with van der Waals surface area (Å²) in [6, 6.07) is 6.40. The molecule has 2 unspecified atom stereocenters. The lowest BCUT2D eigenvalue weighted by Crippen LogP contribution is -2.57. The number of rotatable bonds is 5. The summed E-state index contributed by atoms with van der Waals surface area (Å²) in [5.74, 6) is 1.63. The third kappa shape index (κ3) is 3.71. The van der Waals surface area contributed by atoms with Crippen LogP contribution in [0, 0.1) is 0 Å². The van der Waals surface area contributed by atoms with Crippen LogP contribution in [0.5, 0.6) is 11.5 Å². The number of amides is 1. The van der Waals surface area contributed by atoms with Crippen LogP contribution in [-0.4, -0.2) is 50.2 Å². The van der Waals surface area contributed by atoms with Gasteiger partial charge in [-0.15, -0.1) is 0 Å². The Morgan fingerprint density at radius 1 is 1.27 bits per heavy atom. The fourth-order valence-electron chi connectivity index (χ4n) is 2.84. The van der Waals surface area contributed by atoms with E-state index in [0.29, 0.717) is 30.4 Å². The Kier molecular flexibility index (Phi) is 5.66. The molecule has 122 valence electrons. The number of methoxy groups -OCH3 is 2. The zero-order valence-electron chi connectivity index (χ0n) is 13.9. The molecule has 5 heteroatoms. The predicted octanol–water partition coefficient (Wildman–Crippen LogP) is 1.85. The summed E-state index contributed by atoms with van der Waals surface area (Å²) in [6.07, 6.45) is 1.23. The molecule has 1 aliphatic rings. The summed E-state index contributed by atoms with van der Waals surface area (Å²) >= 11 is 0. The van der Waals surface area contributed by atoms with E-state index in [1.807, 2.05) is 23.1 Å². The lowest BCUT2D eigenvalue weighted by atomic mass is 10.0. The highest BCUT2D eigenvalue weighted by molar-refractivity contribution is 5.77. The van der Waals surface area contributed by atoms with Gasteiger partial charge in [0.1, 0.15) is 0 Å². The number of carbonyl (C=O) groups excluding carboxylic acids is 1. The smallest absolute Gasteiger partial charge is 0.223 e. The molecule has 0 radical (unpaired) electrons. The quantitative estimate of drug-likeness (QED) is 0.902. The molecule has 0 saturated carbocycles. The number of nitrogens with one attached hydrogen (secondary N) is 1. The highest BCUT2D eigenvalue weighted by atomic mass is 16.5. The van der Waals surface area contributed by atoms with E-state index >= 15 is 0 Å². The molecule has 1 fully saturated rings. The largest absolute Gasteiger partial charge is 0.493 e. The van der Waals surface area contributed by atoms with E-state index in [4.69, 9.17) is 9.47 Å². The van der Waals surface area contributed by atoms with Gasteiger partial charge in [0.2, 0.25) is 5.91 Å². The van der Waals surface area contributed by atoms with Gasteiger partial charge < -0.3 is 19.7 Å². The SMILES string of the molecule is COc1ccc(CCC(=O)N2CCNC(C)C2C)cc1OC. The number of nitrogens with zero attached hydrogens (tertiary/aromatic N) is 1. The van der Waals surface area contributed by atoms with Crippen molar-refractivity contribution in [3.63, 3.8) is 0 Å². The molecule has 1 heterocycles. The number of benzene rings is 1. The normalized spacial score (nSPS) is 21.5. The van der Waals surface area contributed by atoms with Crippen LogP contribution in [-0.2, 0) is 11.2 Å². The molecule has 0 spiro atoms. The van der Waals surface area contributed by atoms with Gasteiger partial charge in [-0.05, 0) is 38.0 Å². The Labute approximate surface area is 132 Å². The molecule has 1 N–H and O–H groups in total. The van der Waals surface area contributed by atoms with Crippen LogP contribution in [0.15, 0.2) is 18.2 Å². The van der Waals surface area contributed by atoms with Crippen LogP contribution in [0.1, 0.15) is 25.8 Å². The summed E-state index contributed by atoms with van der Waals surface area (Å²) < 4.78 is 10.5. The second-order valence-corrected chi connectivity index (χ2v) is 5.76. The molecule has 2 atom stereocenters. The first-order valence-electron chi connectivity index (χ1n) is 7.80. The maximum absolute atomic E-state index is 12.4. The number of hydrogen-bond donors (Lipinski definition) is 1. The topological polar surface area (TPSA) is 50.8 Å². The predicted molar refractivity (Wildman–Crippen MR) is 86.5 cm³/mol. The van der Waals surface area contributed by atoms with Crippen molar-refractivity contribution in [1.29, 1.82) is 0 Å². The summed E-state index contributed by atoms with van der Waals surface area (Å²) in [5.41, 5.74) is 1.09. The van der Waals surface area contributed by atoms with Gasteiger partial charge in [-0.3, -0.25) is 4.79 Å². The fraction of sp³-hybridized carbons (Fsp3) is 0.588. The molecule has 1 aliphatic heterocycles. The van der Waals surface area contributed by atoms with Crippen molar-refractivity contribution in [3.8, 4) is 11.5 Å². The van der Waals surface area contributed by atoms with Crippen LogP contribution in [0.3, 0.4) is 0 Å². The molecule has 0 aromatic heterocycles. The number of aryl methyl sites for hydroxylation is 1. The maximum Gasteiger partial charge on any atom is 0.223 e. The monoisotopic (exact) mass is 306 g/mol. The van der Waals surface area contributed by atoms with Gasteiger partial charge in [-0.2, -0.15) is 0 Å². The first kappa shape index (κ1) is 16.6. The van der Waals surface area contributed by atoms with Gasteiger partial charge in [-0.1, -0.05) is 6.07 Å². The van der Waals surface area contributed by atoms with Crippen molar-refractivity contribution < 1.29 is 14.3 Å². The zero-order valence-corrected chi connectivity index (χ0v) is 13.9. The molecule has 1 saturated heterocycles. The van der Waals surface area contributed by atoms with Crippen molar-refractivity contribution in [3.05, 3.63) is 23.8 Å². The minimum Gasteiger partial charge on any atom is -0.493 e. The van der Waals surface area contributed by atoms with Crippen molar-refractivity contribution in [2.75, 3.05) is 27.3 Å². The van der Waals surface area contributed by atoms with Crippen LogP contribution in [0.2, 0.25) is 0 Å². The lowest BCUT2D eigenvalue weighted by Gasteiger charge is -2.38. The average Bonchev–Trinajstić information content (AvgIpc) is 2.54. The first-order valence-corrected chi connectivity index (χ1v) is 7.80. The number of piperazine rings is 1.